The zero-order chi connectivity index (χ0) is 23.1. The Kier molecular flexibility index (Phi) is 7.98. The van der Waals surface area contributed by atoms with E-state index in [-0.39, 0.29) is 25.0 Å². The van der Waals surface area contributed by atoms with Gasteiger partial charge >= 0.3 is 0 Å². The molecule has 0 amide bonds. The van der Waals surface area contributed by atoms with Crippen LogP contribution in [0.4, 0.5) is 0 Å². The zero-order valence-electron chi connectivity index (χ0n) is 19.1. The van der Waals surface area contributed by atoms with Gasteiger partial charge in [0.2, 0.25) is 0 Å². The number of aliphatic hydroxyl groups excluding tert-OH is 2. The third kappa shape index (κ3) is 5.15. The number of aromatic amines is 2. The highest BCUT2D eigenvalue weighted by Gasteiger charge is 2.14. The number of rotatable bonds is 6. The summed E-state index contributed by atoms with van der Waals surface area (Å²) in [6.45, 7) is 8.56. The molecule has 0 saturated carbocycles. The van der Waals surface area contributed by atoms with Crippen molar-refractivity contribution in [2.75, 3.05) is 0 Å². The molecule has 0 radical (unpaired) electrons. The quantitative estimate of drug-likeness (QED) is 0.354. The van der Waals surface area contributed by atoms with Crippen LogP contribution in [0.25, 0.3) is 0 Å². The van der Waals surface area contributed by atoms with Crippen LogP contribution in [0.1, 0.15) is 70.5 Å². The van der Waals surface area contributed by atoms with Gasteiger partial charge in [0.15, 0.2) is 0 Å². The standard InChI is InChI=1S/2C13H16N2O/c2*1-9-11(7-16)4-3-5-12(9)10(2)13-6-14-8-15-13/h2*3-6,8,10,16H,7H2,1-2H3,(H,14,15)/t2*10-/m10/s1. The van der Waals surface area contributed by atoms with E-state index in [1.165, 1.54) is 11.1 Å². The number of hydrogen-bond donors (Lipinski definition) is 4. The van der Waals surface area contributed by atoms with Gasteiger partial charge in [-0.05, 0) is 47.2 Å². The van der Waals surface area contributed by atoms with Crippen molar-refractivity contribution in [3.63, 3.8) is 0 Å². The number of hydrogen-bond acceptors (Lipinski definition) is 4. The summed E-state index contributed by atoms with van der Waals surface area (Å²) in [5.41, 5.74) is 8.95. The van der Waals surface area contributed by atoms with E-state index in [1.807, 2.05) is 50.5 Å². The van der Waals surface area contributed by atoms with Crippen LogP contribution in [-0.4, -0.2) is 30.1 Å². The first-order valence-electron chi connectivity index (χ1n) is 10.8. The van der Waals surface area contributed by atoms with Crippen LogP contribution in [0.15, 0.2) is 61.4 Å². The maximum atomic E-state index is 9.24. The van der Waals surface area contributed by atoms with Gasteiger partial charge in [0, 0.05) is 35.6 Å². The van der Waals surface area contributed by atoms with Gasteiger partial charge in [0.25, 0.3) is 0 Å². The molecule has 2 aromatic heterocycles. The lowest BCUT2D eigenvalue weighted by Crippen LogP contribution is -2.02. The van der Waals surface area contributed by atoms with Crippen LogP contribution in [0.2, 0.25) is 0 Å². The van der Waals surface area contributed by atoms with Gasteiger partial charge in [-0.1, -0.05) is 50.2 Å². The first kappa shape index (κ1) is 23.4. The van der Waals surface area contributed by atoms with E-state index in [1.54, 1.807) is 12.7 Å². The van der Waals surface area contributed by atoms with E-state index in [4.69, 9.17) is 0 Å². The van der Waals surface area contributed by atoms with Crippen molar-refractivity contribution in [3.05, 3.63) is 106 Å². The van der Waals surface area contributed by atoms with Crippen LogP contribution < -0.4 is 0 Å². The van der Waals surface area contributed by atoms with E-state index in [9.17, 15) is 10.2 Å². The predicted molar refractivity (Wildman–Crippen MR) is 126 cm³/mol. The fraction of sp³-hybridized carbons (Fsp3) is 0.308. The van der Waals surface area contributed by atoms with Crippen molar-refractivity contribution < 1.29 is 10.2 Å². The minimum absolute atomic E-state index is 0.0926. The second-order valence-corrected chi connectivity index (χ2v) is 8.04. The van der Waals surface area contributed by atoms with Gasteiger partial charge in [-0.15, -0.1) is 0 Å². The predicted octanol–water partition coefficient (Wildman–Crippen LogP) is 4.72. The topological polar surface area (TPSA) is 97.8 Å². The van der Waals surface area contributed by atoms with Crippen molar-refractivity contribution >= 4 is 0 Å². The van der Waals surface area contributed by atoms with Gasteiger partial charge in [0.1, 0.15) is 0 Å². The average molecular weight is 433 g/mol. The Bertz CT molecular complexity index is 1020. The molecule has 0 unspecified atom stereocenters. The lowest BCUT2D eigenvalue weighted by molar-refractivity contribution is 0.280. The van der Waals surface area contributed by atoms with Gasteiger partial charge in [0.05, 0.1) is 25.9 Å². The fourth-order valence-corrected chi connectivity index (χ4v) is 4.03. The Morgan fingerprint density at radius 3 is 1.44 bits per heavy atom. The summed E-state index contributed by atoms with van der Waals surface area (Å²) in [5, 5.41) is 18.5. The lowest BCUT2D eigenvalue weighted by Gasteiger charge is -2.15. The summed E-state index contributed by atoms with van der Waals surface area (Å²) in [4.78, 5) is 14.3. The molecule has 168 valence electrons. The van der Waals surface area contributed by atoms with Crippen molar-refractivity contribution in [2.45, 2.75) is 52.7 Å². The molecule has 2 heterocycles. The number of benzene rings is 2. The molecule has 0 spiro atoms. The summed E-state index contributed by atoms with van der Waals surface area (Å²) in [6.07, 6.45) is 7.07. The van der Waals surface area contributed by atoms with Crippen LogP contribution in [0, 0.1) is 13.8 Å². The first-order chi connectivity index (χ1) is 15.5. The number of imidazole rings is 2. The lowest BCUT2D eigenvalue weighted by atomic mass is 9.91. The van der Waals surface area contributed by atoms with E-state index >= 15 is 0 Å². The molecule has 2 atom stereocenters. The van der Waals surface area contributed by atoms with Crippen molar-refractivity contribution in [1.29, 1.82) is 0 Å². The molecule has 0 aliphatic rings. The minimum atomic E-state index is 0.0926. The molecule has 2 aromatic carbocycles. The maximum absolute atomic E-state index is 9.24. The number of H-pyrrole nitrogens is 2. The first-order valence-corrected chi connectivity index (χ1v) is 10.8. The number of nitrogens with zero attached hydrogens (tertiary/aromatic N) is 2. The largest absolute Gasteiger partial charge is 0.392 e. The van der Waals surface area contributed by atoms with Crippen LogP contribution in [0.5, 0.6) is 0 Å². The van der Waals surface area contributed by atoms with Crippen molar-refractivity contribution in [2.24, 2.45) is 0 Å². The van der Waals surface area contributed by atoms with Gasteiger partial charge in [-0.3, -0.25) is 0 Å². The minimum Gasteiger partial charge on any atom is -0.392 e. The highest BCUT2D eigenvalue weighted by Crippen LogP contribution is 2.28. The SMILES string of the molecule is Cc1c(CO)cccc1[C@@H](C)c1cnc[nH]1.Cc1c(CO)cccc1[C@H](C)c1cnc[nH]1. The summed E-state index contributed by atoms with van der Waals surface area (Å²) in [5.74, 6) is 0.544. The summed E-state index contributed by atoms with van der Waals surface area (Å²) in [6, 6.07) is 12.1. The normalized spacial score (nSPS) is 12.7. The van der Waals surface area contributed by atoms with E-state index in [2.05, 4.69) is 45.9 Å². The monoisotopic (exact) mass is 432 g/mol. The Labute approximate surface area is 189 Å². The third-order valence-corrected chi connectivity index (χ3v) is 6.22. The summed E-state index contributed by atoms with van der Waals surface area (Å²) < 4.78 is 0. The van der Waals surface area contributed by atoms with Gasteiger partial charge < -0.3 is 20.2 Å². The van der Waals surface area contributed by atoms with E-state index < -0.39 is 0 Å². The molecule has 0 saturated heterocycles. The average Bonchev–Trinajstić information content (AvgIpc) is 3.54. The molecular formula is C26H32N4O2. The molecule has 0 bridgehead atoms. The molecule has 32 heavy (non-hydrogen) atoms. The number of aliphatic hydroxyl groups is 2. The molecule has 0 fully saturated rings. The smallest absolute Gasteiger partial charge is 0.0921 e. The van der Waals surface area contributed by atoms with Crippen LogP contribution in [0.3, 0.4) is 0 Å². The van der Waals surface area contributed by atoms with Crippen LogP contribution >= 0.6 is 0 Å². The highest BCUT2D eigenvalue weighted by molar-refractivity contribution is 5.40. The molecule has 6 heteroatoms. The third-order valence-electron chi connectivity index (χ3n) is 6.22. The summed E-state index contributed by atoms with van der Waals surface area (Å²) >= 11 is 0. The second-order valence-electron chi connectivity index (χ2n) is 8.04. The molecule has 0 aliphatic carbocycles. The van der Waals surface area contributed by atoms with Crippen molar-refractivity contribution in [1.82, 2.24) is 19.9 Å². The fourth-order valence-electron chi connectivity index (χ4n) is 4.03. The Balaban J connectivity index is 0.000000181. The molecule has 4 rings (SSSR count). The van der Waals surface area contributed by atoms with Gasteiger partial charge in [-0.2, -0.15) is 0 Å². The van der Waals surface area contributed by atoms with Crippen LogP contribution in [-0.2, 0) is 13.2 Å². The van der Waals surface area contributed by atoms with Crippen molar-refractivity contribution in [3.8, 4) is 0 Å². The second kappa shape index (κ2) is 10.9. The molecule has 4 N–H and O–H groups in total. The van der Waals surface area contributed by atoms with E-state index in [0.29, 0.717) is 0 Å². The Morgan fingerprint density at radius 2 is 1.12 bits per heavy atom. The molecule has 6 nitrogen and oxygen atoms in total. The number of nitrogens with one attached hydrogen (secondary N) is 2. The number of aromatic nitrogens is 4. The summed E-state index contributed by atoms with van der Waals surface area (Å²) in [7, 11) is 0. The van der Waals surface area contributed by atoms with E-state index in [0.717, 1.165) is 33.6 Å². The zero-order valence-corrected chi connectivity index (χ0v) is 19.1. The Hall–Kier alpha value is -3.22. The molecule has 0 aliphatic heterocycles. The Morgan fingerprint density at radius 1 is 0.719 bits per heavy atom. The highest BCUT2D eigenvalue weighted by atomic mass is 16.3. The molecular weight excluding hydrogens is 400 g/mol. The maximum Gasteiger partial charge on any atom is 0.0921 e. The van der Waals surface area contributed by atoms with Gasteiger partial charge in [-0.25, -0.2) is 9.97 Å². The molecule has 4 aromatic rings.